The van der Waals surface area contributed by atoms with E-state index >= 15 is 0 Å². The van der Waals surface area contributed by atoms with Crippen molar-refractivity contribution in [1.82, 2.24) is 20.1 Å². The van der Waals surface area contributed by atoms with Gasteiger partial charge in [0.05, 0.1) is 11.8 Å². The van der Waals surface area contributed by atoms with E-state index in [1.807, 2.05) is 24.0 Å². The molecule has 2 aliphatic rings. The van der Waals surface area contributed by atoms with Crippen LogP contribution in [0.4, 0.5) is 0 Å². The number of aryl methyl sites for hydroxylation is 1. The Labute approximate surface area is 149 Å². The normalized spacial score (nSPS) is 24.6. The maximum absolute atomic E-state index is 6.03. The monoisotopic (exact) mass is 340 g/mol. The molecular weight excluding hydrogens is 312 g/mol. The summed E-state index contributed by atoms with van der Waals surface area (Å²) in [6, 6.07) is 4.60. The molecular formula is C20H28N4O. The zero-order valence-corrected chi connectivity index (χ0v) is 15.2. The van der Waals surface area contributed by atoms with E-state index in [4.69, 9.17) is 4.74 Å². The second-order valence-corrected chi connectivity index (χ2v) is 7.47. The number of nitrogens with zero attached hydrogens (tertiary/aromatic N) is 3. The number of rotatable bonds is 6. The van der Waals surface area contributed by atoms with E-state index in [1.54, 1.807) is 6.20 Å². The molecule has 4 rings (SSSR count). The van der Waals surface area contributed by atoms with Crippen LogP contribution in [0.25, 0.3) is 11.3 Å². The highest BCUT2D eigenvalue weighted by atomic mass is 16.5. The summed E-state index contributed by atoms with van der Waals surface area (Å²) in [6.45, 7) is 3.79. The number of aromatic nitrogens is 3. The van der Waals surface area contributed by atoms with Crippen LogP contribution in [0.5, 0.6) is 0 Å². The lowest BCUT2D eigenvalue weighted by molar-refractivity contribution is -0.130. The fourth-order valence-corrected chi connectivity index (χ4v) is 4.82. The summed E-state index contributed by atoms with van der Waals surface area (Å²) in [5.41, 5.74) is 3.72. The zero-order chi connectivity index (χ0) is 17.3. The standard InChI is InChI=1S/C20H28N4O/c1-3-25-18-11-17(20(18)8-4-5-9-20)22-13-16-14-24(2)23-19(16)15-7-6-10-21-12-15/h6-7,10,12,14,17-18,22H,3-5,8-9,11,13H2,1-2H3/t17-,18+/m1/s1. The first-order valence-electron chi connectivity index (χ1n) is 9.51. The Hall–Kier alpha value is -1.72. The van der Waals surface area contributed by atoms with E-state index in [0.717, 1.165) is 30.8 Å². The van der Waals surface area contributed by atoms with Crippen molar-refractivity contribution in [2.45, 2.75) is 57.7 Å². The van der Waals surface area contributed by atoms with Gasteiger partial charge in [0, 0.05) is 61.4 Å². The molecule has 2 aromatic rings. The van der Waals surface area contributed by atoms with Gasteiger partial charge in [-0.25, -0.2) is 0 Å². The van der Waals surface area contributed by atoms with Crippen LogP contribution in [-0.4, -0.2) is 33.5 Å². The van der Waals surface area contributed by atoms with Crippen LogP contribution in [0.1, 0.15) is 44.6 Å². The maximum Gasteiger partial charge on any atom is 0.0983 e. The summed E-state index contributed by atoms with van der Waals surface area (Å²) in [5, 5.41) is 8.47. The largest absolute Gasteiger partial charge is 0.378 e. The van der Waals surface area contributed by atoms with Gasteiger partial charge in [0.15, 0.2) is 0 Å². The van der Waals surface area contributed by atoms with Crippen LogP contribution in [0.2, 0.25) is 0 Å². The van der Waals surface area contributed by atoms with Gasteiger partial charge in [0.25, 0.3) is 0 Å². The lowest BCUT2D eigenvalue weighted by Gasteiger charge is -2.54. The third-order valence-electron chi connectivity index (χ3n) is 6.07. The molecule has 25 heavy (non-hydrogen) atoms. The molecule has 2 saturated carbocycles. The third kappa shape index (κ3) is 3.00. The Kier molecular flexibility index (Phi) is 4.61. The van der Waals surface area contributed by atoms with Gasteiger partial charge in [-0.2, -0.15) is 5.10 Å². The molecule has 0 amide bonds. The summed E-state index contributed by atoms with van der Waals surface area (Å²) in [6.07, 6.45) is 12.7. The van der Waals surface area contributed by atoms with E-state index in [1.165, 1.54) is 31.2 Å². The molecule has 0 unspecified atom stereocenters. The Bertz CT molecular complexity index is 706. The Balaban J connectivity index is 1.47. The fourth-order valence-electron chi connectivity index (χ4n) is 4.82. The number of hydrogen-bond donors (Lipinski definition) is 1. The van der Waals surface area contributed by atoms with E-state index in [9.17, 15) is 0 Å². The molecule has 1 N–H and O–H groups in total. The molecule has 1 spiro atoms. The quantitative estimate of drug-likeness (QED) is 0.876. The van der Waals surface area contributed by atoms with Crippen molar-refractivity contribution in [3.8, 4) is 11.3 Å². The number of hydrogen-bond acceptors (Lipinski definition) is 4. The Morgan fingerprint density at radius 1 is 1.36 bits per heavy atom. The van der Waals surface area contributed by atoms with Crippen LogP contribution >= 0.6 is 0 Å². The summed E-state index contributed by atoms with van der Waals surface area (Å²) in [4.78, 5) is 4.24. The van der Waals surface area contributed by atoms with Gasteiger partial charge in [-0.15, -0.1) is 0 Å². The predicted octanol–water partition coefficient (Wildman–Crippen LogP) is 3.31. The van der Waals surface area contributed by atoms with Crippen molar-refractivity contribution < 1.29 is 4.74 Å². The van der Waals surface area contributed by atoms with Crippen molar-refractivity contribution in [3.05, 3.63) is 36.3 Å². The number of nitrogens with one attached hydrogen (secondary N) is 1. The molecule has 2 fully saturated rings. The van der Waals surface area contributed by atoms with Crippen molar-refractivity contribution in [3.63, 3.8) is 0 Å². The lowest BCUT2D eigenvalue weighted by Crippen LogP contribution is -2.62. The Morgan fingerprint density at radius 3 is 2.92 bits per heavy atom. The van der Waals surface area contributed by atoms with Gasteiger partial charge in [-0.1, -0.05) is 12.8 Å². The molecule has 0 bridgehead atoms. The van der Waals surface area contributed by atoms with E-state index in [2.05, 4.69) is 34.6 Å². The average Bonchev–Trinajstić information content (AvgIpc) is 3.27. The van der Waals surface area contributed by atoms with Crippen molar-refractivity contribution >= 4 is 0 Å². The van der Waals surface area contributed by atoms with Crippen molar-refractivity contribution in [2.24, 2.45) is 12.5 Å². The van der Waals surface area contributed by atoms with Gasteiger partial charge >= 0.3 is 0 Å². The fraction of sp³-hybridized carbons (Fsp3) is 0.600. The summed E-state index contributed by atoms with van der Waals surface area (Å²) in [7, 11) is 1.98. The second kappa shape index (κ2) is 6.89. The lowest BCUT2D eigenvalue weighted by atomic mass is 9.60. The van der Waals surface area contributed by atoms with Gasteiger partial charge in [-0.3, -0.25) is 9.67 Å². The zero-order valence-electron chi connectivity index (χ0n) is 15.2. The number of ether oxygens (including phenoxy) is 1. The summed E-state index contributed by atoms with van der Waals surface area (Å²) < 4.78 is 7.93. The molecule has 134 valence electrons. The molecule has 0 aromatic carbocycles. The molecule has 0 radical (unpaired) electrons. The topological polar surface area (TPSA) is 52.0 Å². The summed E-state index contributed by atoms with van der Waals surface area (Å²) in [5.74, 6) is 0. The third-order valence-corrected chi connectivity index (χ3v) is 6.07. The first-order chi connectivity index (χ1) is 12.2. The predicted molar refractivity (Wildman–Crippen MR) is 98.0 cm³/mol. The minimum absolute atomic E-state index is 0.368. The van der Waals surface area contributed by atoms with Crippen molar-refractivity contribution in [2.75, 3.05) is 6.61 Å². The summed E-state index contributed by atoms with van der Waals surface area (Å²) >= 11 is 0. The highest BCUT2D eigenvalue weighted by Crippen LogP contribution is 2.54. The van der Waals surface area contributed by atoms with Gasteiger partial charge in [0.1, 0.15) is 0 Å². The van der Waals surface area contributed by atoms with Crippen LogP contribution in [-0.2, 0) is 18.3 Å². The minimum atomic E-state index is 0.368. The van der Waals surface area contributed by atoms with E-state index in [0.29, 0.717) is 17.6 Å². The molecule has 2 heterocycles. The van der Waals surface area contributed by atoms with Crippen LogP contribution in [0, 0.1) is 5.41 Å². The number of pyridine rings is 1. The Morgan fingerprint density at radius 2 is 2.20 bits per heavy atom. The van der Waals surface area contributed by atoms with Crippen LogP contribution in [0.15, 0.2) is 30.7 Å². The molecule has 2 atom stereocenters. The molecule has 0 saturated heterocycles. The second-order valence-electron chi connectivity index (χ2n) is 7.47. The van der Waals surface area contributed by atoms with E-state index in [-0.39, 0.29) is 0 Å². The molecule has 2 aromatic heterocycles. The van der Waals surface area contributed by atoms with E-state index < -0.39 is 0 Å². The van der Waals surface area contributed by atoms with Crippen LogP contribution < -0.4 is 5.32 Å². The molecule has 5 heteroatoms. The maximum atomic E-state index is 6.03. The van der Waals surface area contributed by atoms with Gasteiger partial charge in [-0.05, 0) is 38.3 Å². The average molecular weight is 340 g/mol. The minimum Gasteiger partial charge on any atom is -0.378 e. The SMILES string of the molecule is CCO[C@H]1C[C@@H](NCc2cn(C)nc2-c2cccnc2)C12CCCC2. The van der Waals surface area contributed by atoms with Gasteiger partial charge in [0.2, 0.25) is 0 Å². The smallest absolute Gasteiger partial charge is 0.0983 e. The first-order valence-corrected chi connectivity index (χ1v) is 9.51. The first kappa shape index (κ1) is 16.7. The van der Waals surface area contributed by atoms with Crippen molar-refractivity contribution in [1.29, 1.82) is 0 Å². The van der Waals surface area contributed by atoms with Gasteiger partial charge < -0.3 is 10.1 Å². The molecule has 5 nitrogen and oxygen atoms in total. The highest BCUT2D eigenvalue weighted by Gasteiger charge is 2.56. The molecule has 0 aliphatic heterocycles. The van der Waals surface area contributed by atoms with Crippen LogP contribution in [0.3, 0.4) is 0 Å². The highest BCUT2D eigenvalue weighted by molar-refractivity contribution is 5.61. The molecule has 2 aliphatic carbocycles.